The lowest BCUT2D eigenvalue weighted by Crippen LogP contribution is -2.08. The highest BCUT2D eigenvalue weighted by Gasteiger charge is 2.11. The second-order valence-electron chi connectivity index (χ2n) is 6.45. The van der Waals surface area contributed by atoms with E-state index in [0.717, 1.165) is 16.6 Å². The summed E-state index contributed by atoms with van der Waals surface area (Å²) in [6, 6.07) is 22.8. The molecule has 0 radical (unpaired) electrons. The molecule has 2 heterocycles. The number of rotatable bonds is 3. The molecular weight excluding hydrogens is 407 g/mol. The average Bonchev–Trinajstić information content (AvgIpc) is 3.16. The van der Waals surface area contributed by atoms with Gasteiger partial charge in [-0.05, 0) is 24.3 Å². The third kappa shape index (κ3) is 3.46. The molecule has 2 aromatic heterocycles. The van der Waals surface area contributed by atoms with E-state index in [1.54, 1.807) is 12.1 Å². The largest absolute Gasteiger partial charge is 0.454 e. The van der Waals surface area contributed by atoms with Crippen LogP contribution in [0.1, 0.15) is 0 Å². The lowest BCUT2D eigenvalue weighted by molar-refractivity contribution is 0.618. The molecule has 0 aliphatic carbocycles. The summed E-state index contributed by atoms with van der Waals surface area (Å²) in [5, 5.41) is 6.81. The van der Waals surface area contributed by atoms with Crippen molar-refractivity contribution < 1.29 is 4.42 Å². The topological polar surface area (TPSA) is 66.2 Å². The van der Waals surface area contributed by atoms with Crippen molar-refractivity contribution in [1.29, 1.82) is 0 Å². The van der Waals surface area contributed by atoms with Gasteiger partial charge in [0, 0.05) is 22.0 Å². The summed E-state index contributed by atoms with van der Waals surface area (Å²) < 4.78 is 6.07. The predicted octanol–water partition coefficient (Wildman–Crippen LogP) is 6.21. The first-order valence-electron chi connectivity index (χ1n) is 8.90. The SMILES string of the molecule is Clc1cc(Cl)c2oc(-c3ccccc3)c/c(=N\Nc3nc4ccccc4[nH]3)c2c1. The first-order chi connectivity index (χ1) is 14.2. The number of benzene rings is 3. The Balaban J connectivity index is 1.68. The number of H-pyrrole nitrogens is 1. The fraction of sp³-hybridized carbons (Fsp3) is 0. The van der Waals surface area contributed by atoms with Crippen molar-refractivity contribution >= 4 is 51.2 Å². The first kappa shape index (κ1) is 17.8. The Kier molecular flexibility index (Phi) is 4.46. The number of fused-ring (bicyclic) bond motifs is 2. The quantitative estimate of drug-likeness (QED) is 0.341. The Bertz CT molecular complexity index is 1370. The fourth-order valence-electron chi connectivity index (χ4n) is 3.15. The van der Waals surface area contributed by atoms with Gasteiger partial charge >= 0.3 is 0 Å². The zero-order valence-electron chi connectivity index (χ0n) is 15.0. The molecule has 5 aromatic rings. The Morgan fingerprint density at radius 3 is 2.55 bits per heavy atom. The summed E-state index contributed by atoms with van der Waals surface area (Å²) in [5.41, 5.74) is 6.21. The minimum absolute atomic E-state index is 0.422. The number of halogens is 2. The van der Waals surface area contributed by atoms with E-state index in [1.165, 1.54) is 0 Å². The van der Waals surface area contributed by atoms with Crippen LogP contribution < -0.4 is 10.8 Å². The number of nitrogens with zero attached hydrogens (tertiary/aromatic N) is 2. The minimum Gasteiger partial charge on any atom is -0.454 e. The Hall–Kier alpha value is -3.28. The van der Waals surface area contributed by atoms with Gasteiger partial charge in [-0.3, -0.25) is 0 Å². The lowest BCUT2D eigenvalue weighted by atomic mass is 10.1. The first-order valence-corrected chi connectivity index (χ1v) is 9.66. The van der Waals surface area contributed by atoms with Crippen molar-refractivity contribution in [2.45, 2.75) is 0 Å². The molecule has 2 N–H and O–H groups in total. The maximum absolute atomic E-state index is 6.41. The van der Waals surface area contributed by atoms with Gasteiger partial charge in [0.05, 0.1) is 21.4 Å². The number of hydrogen-bond acceptors (Lipinski definition) is 4. The van der Waals surface area contributed by atoms with Crippen LogP contribution in [0.4, 0.5) is 5.95 Å². The van der Waals surface area contributed by atoms with Gasteiger partial charge in [-0.2, -0.15) is 5.10 Å². The number of aromatic amines is 1. The standard InChI is InChI=1S/C22H14Cl2N4O/c23-14-10-15-19(27-28-22-25-17-8-4-5-9-18(17)26-22)12-20(13-6-2-1-3-7-13)29-21(15)16(24)11-14/h1-12H,(H2,25,26,28)/b27-19+. The fourth-order valence-corrected chi connectivity index (χ4v) is 3.68. The molecule has 7 heteroatoms. The predicted molar refractivity (Wildman–Crippen MR) is 117 cm³/mol. The number of hydrogen-bond donors (Lipinski definition) is 2. The van der Waals surface area contributed by atoms with E-state index < -0.39 is 0 Å². The molecule has 0 aliphatic rings. The second-order valence-corrected chi connectivity index (χ2v) is 7.30. The normalized spacial score (nSPS) is 12.0. The van der Waals surface area contributed by atoms with Gasteiger partial charge in [0.1, 0.15) is 5.76 Å². The summed E-state index contributed by atoms with van der Waals surface area (Å²) >= 11 is 12.6. The van der Waals surface area contributed by atoms with E-state index in [1.807, 2.05) is 60.7 Å². The van der Waals surface area contributed by atoms with Crippen molar-refractivity contribution in [2.24, 2.45) is 5.10 Å². The van der Waals surface area contributed by atoms with Crippen LogP contribution in [0.3, 0.4) is 0 Å². The van der Waals surface area contributed by atoms with Crippen LogP contribution in [0.2, 0.25) is 10.0 Å². The number of aromatic nitrogens is 2. The van der Waals surface area contributed by atoms with Crippen LogP contribution in [-0.4, -0.2) is 9.97 Å². The lowest BCUT2D eigenvalue weighted by Gasteiger charge is -2.07. The molecule has 0 saturated carbocycles. The van der Waals surface area contributed by atoms with Gasteiger partial charge in [0.2, 0.25) is 5.95 Å². The number of anilines is 1. The molecule has 0 amide bonds. The monoisotopic (exact) mass is 420 g/mol. The minimum atomic E-state index is 0.422. The maximum atomic E-state index is 6.41. The molecular formula is C22H14Cl2N4O. The van der Waals surface area contributed by atoms with E-state index in [0.29, 0.717) is 38.1 Å². The molecule has 0 saturated heterocycles. The summed E-state index contributed by atoms with van der Waals surface area (Å²) in [7, 11) is 0. The highest BCUT2D eigenvalue weighted by Crippen LogP contribution is 2.29. The molecule has 3 aromatic carbocycles. The average molecular weight is 421 g/mol. The highest BCUT2D eigenvalue weighted by molar-refractivity contribution is 6.38. The summed E-state index contributed by atoms with van der Waals surface area (Å²) in [6.45, 7) is 0. The summed E-state index contributed by atoms with van der Waals surface area (Å²) in [4.78, 5) is 7.68. The second kappa shape index (κ2) is 7.28. The molecule has 0 atom stereocenters. The van der Waals surface area contributed by atoms with E-state index in [9.17, 15) is 0 Å². The van der Waals surface area contributed by atoms with Gasteiger partial charge in [0.25, 0.3) is 0 Å². The zero-order valence-corrected chi connectivity index (χ0v) is 16.5. The van der Waals surface area contributed by atoms with E-state index in [2.05, 4.69) is 20.5 Å². The highest BCUT2D eigenvalue weighted by atomic mass is 35.5. The molecule has 5 rings (SSSR count). The molecule has 0 fully saturated rings. The van der Waals surface area contributed by atoms with Crippen molar-refractivity contribution in [3.63, 3.8) is 0 Å². The molecule has 0 aliphatic heterocycles. The van der Waals surface area contributed by atoms with Crippen molar-refractivity contribution in [1.82, 2.24) is 9.97 Å². The number of imidazole rings is 1. The Labute approximate surface area is 175 Å². The van der Waals surface area contributed by atoms with Crippen LogP contribution in [0.5, 0.6) is 0 Å². The van der Waals surface area contributed by atoms with Crippen LogP contribution >= 0.6 is 23.2 Å². The van der Waals surface area contributed by atoms with E-state index >= 15 is 0 Å². The Morgan fingerprint density at radius 2 is 1.72 bits per heavy atom. The van der Waals surface area contributed by atoms with Gasteiger partial charge < -0.3 is 9.40 Å². The third-order valence-electron chi connectivity index (χ3n) is 4.49. The molecule has 142 valence electrons. The van der Waals surface area contributed by atoms with Crippen molar-refractivity contribution in [2.75, 3.05) is 5.43 Å². The number of nitrogens with one attached hydrogen (secondary N) is 2. The van der Waals surface area contributed by atoms with Gasteiger partial charge in [-0.1, -0.05) is 65.7 Å². The van der Waals surface area contributed by atoms with Crippen molar-refractivity contribution in [3.05, 3.63) is 88.2 Å². The number of para-hydroxylation sites is 2. The molecule has 0 bridgehead atoms. The third-order valence-corrected chi connectivity index (χ3v) is 4.99. The van der Waals surface area contributed by atoms with E-state index in [-0.39, 0.29) is 0 Å². The van der Waals surface area contributed by atoms with Gasteiger partial charge in [0.15, 0.2) is 5.58 Å². The zero-order chi connectivity index (χ0) is 19.8. The summed E-state index contributed by atoms with van der Waals surface area (Å²) in [6.07, 6.45) is 0. The van der Waals surface area contributed by atoms with Gasteiger partial charge in [-0.25, -0.2) is 10.4 Å². The van der Waals surface area contributed by atoms with Crippen LogP contribution in [0.25, 0.3) is 33.3 Å². The van der Waals surface area contributed by atoms with E-state index in [4.69, 9.17) is 27.6 Å². The maximum Gasteiger partial charge on any atom is 0.222 e. The molecule has 0 spiro atoms. The van der Waals surface area contributed by atoms with Crippen LogP contribution in [0.15, 0.2) is 82.3 Å². The van der Waals surface area contributed by atoms with Crippen molar-refractivity contribution in [3.8, 4) is 11.3 Å². The Morgan fingerprint density at radius 1 is 0.931 bits per heavy atom. The smallest absolute Gasteiger partial charge is 0.222 e. The van der Waals surface area contributed by atoms with Crippen LogP contribution in [0, 0.1) is 0 Å². The molecule has 5 nitrogen and oxygen atoms in total. The van der Waals surface area contributed by atoms with Crippen LogP contribution in [-0.2, 0) is 0 Å². The summed E-state index contributed by atoms with van der Waals surface area (Å²) in [5.74, 6) is 1.18. The molecule has 0 unspecified atom stereocenters. The molecule has 29 heavy (non-hydrogen) atoms. The van der Waals surface area contributed by atoms with Gasteiger partial charge in [-0.15, -0.1) is 0 Å².